The number of aliphatic imine (C=N–C) groups is 4. The van der Waals surface area contributed by atoms with Crippen molar-refractivity contribution in [2.24, 2.45) is 75.3 Å². The first-order valence-electron chi connectivity index (χ1n) is 27.6. The molecule has 6 heterocycles. The van der Waals surface area contributed by atoms with Gasteiger partial charge in [0.15, 0.2) is 31.7 Å². The normalized spacial score (nSPS) is 33.5. The summed E-state index contributed by atoms with van der Waals surface area (Å²) in [6, 6.07) is 34.2. The van der Waals surface area contributed by atoms with E-state index in [4.69, 9.17) is 43.2 Å². The maximum atomic E-state index is 8.57. The van der Waals surface area contributed by atoms with Gasteiger partial charge in [-0.2, -0.15) is 0 Å². The molecule has 5 atom stereocenters. The Labute approximate surface area is 428 Å². The van der Waals surface area contributed by atoms with Gasteiger partial charge in [0.1, 0.15) is 22.6 Å². The SMILES string of the molecule is CCC12CC3CC(C1)CC(CO[Si]1(OCC45CC6CC(CC(CO[Si](C)(C)C)(C6)C4)C5)n4c5c6ccccc6c4N=C4N=C(N=c6c7ccccc7c(n61)=NC1=NC(=N5)c5ccccc51)c1ccccc14)(C3)C2. The Morgan fingerprint density at radius 1 is 0.466 bits per heavy atom. The minimum Gasteiger partial charge on any atom is -0.417 e. The van der Waals surface area contributed by atoms with Gasteiger partial charge in [-0.1, -0.05) is 110 Å². The van der Waals surface area contributed by atoms with Gasteiger partial charge in [-0.15, -0.1) is 0 Å². The van der Waals surface area contributed by atoms with Crippen LogP contribution in [0, 0.1) is 45.3 Å². The number of nitrogens with zero attached hydrogens (tertiary/aromatic N) is 8. The molecule has 0 amide bonds. The smallest absolute Gasteiger partial charge is 0.417 e. The molecule has 5 unspecified atom stereocenters. The second kappa shape index (κ2) is 15.1. The minimum absolute atomic E-state index is 0.0132. The van der Waals surface area contributed by atoms with Crippen molar-refractivity contribution in [1.82, 2.24) is 8.47 Å². The van der Waals surface area contributed by atoms with E-state index in [2.05, 4.69) is 132 Å². The Kier molecular flexibility index (Phi) is 9.09. The van der Waals surface area contributed by atoms with Gasteiger partial charge < -0.3 is 13.3 Å². The summed E-state index contributed by atoms with van der Waals surface area (Å²) in [6.07, 6.45) is 16.1. The summed E-state index contributed by atoms with van der Waals surface area (Å²) in [7, 11) is -6.09. The summed E-state index contributed by atoms with van der Waals surface area (Å²) in [5.74, 6) is 6.76. The molecule has 12 aliphatic rings. The lowest BCUT2D eigenvalue weighted by Crippen LogP contribution is -2.67. The van der Waals surface area contributed by atoms with Crippen LogP contribution in [0.15, 0.2) is 127 Å². The lowest BCUT2D eigenvalue weighted by atomic mass is 9.44. The zero-order chi connectivity index (χ0) is 48.7. The molecule has 0 saturated heterocycles. The van der Waals surface area contributed by atoms with Crippen LogP contribution in [0.5, 0.6) is 0 Å². The molecule has 370 valence electrons. The monoisotopic (exact) mass is 1000 g/mol. The van der Waals surface area contributed by atoms with E-state index in [0.717, 1.165) is 104 Å². The molecule has 11 nitrogen and oxygen atoms in total. The average Bonchev–Trinajstić information content (AvgIpc) is 4.11. The molecule has 8 aliphatic carbocycles. The van der Waals surface area contributed by atoms with Crippen molar-refractivity contribution in [3.63, 3.8) is 0 Å². The highest BCUT2D eigenvalue weighted by Gasteiger charge is 2.63. The van der Waals surface area contributed by atoms with E-state index >= 15 is 0 Å². The molecule has 13 heteroatoms. The van der Waals surface area contributed by atoms with E-state index in [1.807, 2.05) is 0 Å². The summed E-state index contributed by atoms with van der Waals surface area (Å²) in [6.45, 7) is 11.5. The molecule has 2 aromatic heterocycles. The second-order valence-electron chi connectivity index (χ2n) is 25.9. The molecule has 0 spiro atoms. The van der Waals surface area contributed by atoms with Crippen molar-refractivity contribution in [3.8, 4) is 0 Å². The number of amidine groups is 4. The Bertz CT molecular complexity index is 3480. The van der Waals surface area contributed by atoms with E-state index in [0.29, 0.717) is 53.8 Å². The van der Waals surface area contributed by atoms with E-state index in [9.17, 15) is 0 Å². The number of hydrogen-bond donors (Lipinski definition) is 0. The van der Waals surface area contributed by atoms with Gasteiger partial charge in [-0.25, -0.2) is 30.0 Å². The zero-order valence-corrected chi connectivity index (χ0v) is 44.7. The van der Waals surface area contributed by atoms with E-state index < -0.39 is 17.2 Å². The second-order valence-corrected chi connectivity index (χ2v) is 33.0. The van der Waals surface area contributed by atoms with Gasteiger partial charge in [-0.3, -0.25) is 8.47 Å². The molecule has 6 aromatic rings. The first-order valence-corrected chi connectivity index (χ1v) is 32.7. The molecule has 0 radical (unpaired) electrons. The Hall–Kier alpha value is -5.45. The molecular weight excluding hydrogens is 937 g/mol. The van der Waals surface area contributed by atoms with Crippen LogP contribution < -0.4 is 11.0 Å². The van der Waals surface area contributed by atoms with Crippen molar-refractivity contribution in [3.05, 3.63) is 130 Å². The van der Waals surface area contributed by atoms with Crippen LogP contribution in [-0.4, -0.2) is 68.8 Å². The maximum absolute atomic E-state index is 8.57. The van der Waals surface area contributed by atoms with E-state index in [1.165, 1.54) is 64.2 Å². The molecule has 18 rings (SSSR count). The number of rotatable bonds is 10. The zero-order valence-electron chi connectivity index (χ0n) is 42.7. The highest BCUT2D eigenvalue weighted by Crippen LogP contribution is 2.68. The Balaban J connectivity index is 1.02. The molecule has 4 aromatic carbocycles. The van der Waals surface area contributed by atoms with Crippen LogP contribution in [-0.2, 0) is 13.3 Å². The van der Waals surface area contributed by atoms with Crippen molar-refractivity contribution in [2.45, 2.75) is 110 Å². The predicted molar refractivity (Wildman–Crippen MR) is 292 cm³/mol. The molecule has 14 bridgehead atoms. The standard InChI is InChI=1S/C60H64N8O3Si2/c1-5-57-24-37-22-38(25-57)27-58(26-37,32-57)35-70-73(71-36-60-30-39-23-40(31-60)29-59(28-39,33-60)34-69-72(2,3)4)67-53-45-18-10-11-19-46(45)55(67)65-51-43-16-8-9-17-44(43)52(62-51)66-56-48-21-13-12-20-47(48)54(68(56)73)64-50-42-15-7-6-14-41(42)49(61-50)63-53/h6-21,37-40H,5,22-36H2,1-4H3. The summed E-state index contributed by atoms with van der Waals surface area (Å²) in [5, 5.41) is 3.89. The Morgan fingerprint density at radius 3 is 1.26 bits per heavy atom. The third kappa shape index (κ3) is 6.50. The summed E-state index contributed by atoms with van der Waals surface area (Å²) in [4.78, 5) is 34.0. The first-order chi connectivity index (χ1) is 35.4. The van der Waals surface area contributed by atoms with Gasteiger partial charge in [-0.05, 0) is 142 Å². The third-order valence-electron chi connectivity index (χ3n) is 19.6. The highest BCUT2D eigenvalue weighted by molar-refractivity contribution is 6.69. The molecular formula is C60H64N8O3Si2. The molecule has 8 saturated carbocycles. The van der Waals surface area contributed by atoms with Crippen LogP contribution in [0.4, 0.5) is 11.6 Å². The first kappa shape index (κ1) is 43.9. The molecule has 73 heavy (non-hydrogen) atoms. The van der Waals surface area contributed by atoms with Gasteiger partial charge in [0.05, 0.1) is 0 Å². The van der Waals surface area contributed by atoms with Crippen molar-refractivity contribution >= 4 is 73.7 Å². The average molecular weight is 1000 g/mol. The predicted octanol–water partition coefficient (Wildman–Crippen LogP) is 11.8. The summed E-state index contributed by atoms with van der Waals surface area (Å²) < 4.78 is 28.8. The highest BCUT2D eigenvalue weighted by atomic mass is 28.4. The topological polar surface area (TPSA) is 112 Å². The van der Waals surface area contributed by atoms with Crippen molar-refractivity contribution < 1.29 is 13.3 Å². The number of fused-ring (bicyclic) bond motifs is 14. The fraction of sp³-hybridized carbons (Fsp3) is 0.467. The fourth-order valence-corrected chi connectivity index (χ4v) is 22.1. The van der Waals surface area contributed by atoms with Gasteiger partial charge in [0.25, 0.3) is 0 Å². The molecule has 4 aliphatic heterocycles. The van der Waals surface area contributed by atoms with E-state index in [1.54, 1.807) is 0 Å². The Morgan fingerprint density at radius 2 is 0.836 bits per heavy atom. The number of benzene rings is 4. The quantitative estimate of drug-likeness (QED) is 0.127. The minimum atomic E-state index is -4.33. The van der Waals surface area contributed by atoms with Gasteiger partial charge >= 0.3 is 8.88 Å². The van der Waals surface area contributed by atoms with Crippen molar-refractivity contribution in [2.75, 3.05) is 19.8 Å². The molecule has 8 fully saturated rings. The summed E-state index contributed by atoms with van der Waals surface area (Å²) in [5.41, 5.74) is 5.77. The van der Waals surface area contributed by atoms with Gasteiger partial charge in [0, 0.05) is 63.6 Å². The number of aromatic nitrogens is 2. The van der Waals surface area contributed by atoms with Gasteiger partial charge in [0.2, 0.25) is 0 Å². The third-order valence-corrected chi connectivity index (χ3v) is 23.6. The van der Waals surface area contributed by atoms with Crippen LogP contribution in [0.3, 0.4) is 0 Å². The van der Waals surface area contributed by atoms with Crippen LogP contribution in [0.2, 0.25) is 19.6 Å². The number of hydrogen-bond acceptors (Lipinski definition) is 9. The largest absolute Gasteiger partial charge is 0.603 e. The fourth-order valence-electron chi connectivity index (χ4n) is 17.8. The molecule has 0 N–H and O–H groups in total. The van der Waals surface area contributed by atoms with Crippen LogP contribution >= 0.6 is 0 Å². The van der Waals surface area contributed by atoms with Crippen molar-refractivity contribution in [1.29, 1.82) is 0 Å². The summed E-state index contributed by atoms with van der Waals surface area (Å²) >= 11 is 0. The van der Waals surface area contributed by atoms with Crippen LogP contribution in [0.25, 0.3) is 21.5 Å². The van der Waals surface area contributed by atoms with Crippen LogP contribution in [0.1, 0.15) is 113 Å². The lowest BCUT2D eigenvalue weighted by Gasteiger charge is -2.63. The van der Waals surface area contributed by atoms with E-state index in [-0.39, 0.29) is 16.2 Å². The lowest BCUT2D eigenvalue weighted by molar-refractivity contribution is -0.147. The maximum Gasteiger partial charge on any atom is 0.603 e.